The van der Waals surface area contributed by atoms with Gasteiger partial charge in [0.25, 0.3) is 0 Å². The second-order valence-corrected chi connectivity index (χ2v) is 4.45. The SMILES string of the molecule is CC(C)[C@@H]1OC(CC(=O)O)[C@@H](O)C(O)[C@@H]1O. The highest BCUT2D eigenvalue weighted by Gasteiger charge is 2.45. The molecular weight excluding hydrogens is 216 g/mol. The van der Waals surface area contributed by atoms with Crippen molar-refractivity contribution in [2.24, 2.45) is 5.92 Å². The summed E-state index contributed by atoms with van der Waals surface area (Å²) in [4.78, 5) is 10.5. The van der Waals surface area contributed by atoms with Gasteiger partial charge in [0.15, 0.2) is 0 Å². The summed E-state index contributed by atoms with van der Waals surface area (Å²) in [6, 6.07) is 0. The lowest BCUT2D eigenvalue weighted by molar-refractivity contribution is -0.233. The molecule has 5 atom stereocenters. The molecule has 1 saturated heterocycles. The summed E-state index contributed by atoms with van der Waals surface area (Å²) in [5, 5.41) is 37.4. The number of carboxylic acid groups (broad SMARTS) is 1. The Hall–Kier alpha value is -0.690. The van der Waals surface area contributed by atoms with Crippen molar-refractivity contribution in [3.05, 3.63) is 0 Å². The van der Waals surface area contributed by atoms with Gasteiger partial charge < -0.3 is 25.2 Å². The number of rotatable bonds is 3. The molecule has 0 bridgehead atoms. The molecule has 4 N–H and O–H groups in total. The van der Waals surface area contributed by atoms with Gasteiger partial charge in [-0.05, 0) is 5.92 Å². The normalized spacial score (nSPS) is 40.0. The van der Waals surface area contributed by atoms with E-state index in [-0.39, 0.29) is 5.92 Å². The van der Waals surface area contributed by atoms with Gasteiger partial charge in [-0.1, -0.05) is 13.8 Å². The lowest BCUT2D eigenvalue weighted by Gasteiger charge is -2.41. The van der Waals surface area contributed by atoms with E-state index in [9.17, 15) is 20.1 Å². The first-order valence-corrected chi connectivity index (χ1v) is 5.26. The number of aliphatic hydroxyl groups excluding tert-OH is 3. The number of hydrogen-bond donors (Lipinski definition) is 4. The molecule has 1 rings (SSSR count). The van der Waals surface area contributed by atoms with E-state index < -0.39 is 42.9 Å². The molecule has 6 nitrogen and oxygen atoms in total. The highest BCUT2D eigenvalue weighted by molar-refractivity contribution is 5.67. The minimum absolute atomic E-state index is 0.0755. The van der Waals surface area contributed by atoms with E-state index in [0.717, 1.165) is 0 Å². The van der Waals surface area contributed by atoms with Crippen molar-refractivity contribution < 1.29 is 30.0 Å². The van der Waals surface area contributed by atoms with Gasteiger partial charge in [0.2, 0.25) is 0 Å². The molecule has 2 unspecified atom stereocenters. The first-order valence-electron chi connectivity index (χ1n) is 5.26. The molecule has 0 radical (unpaired) electrons. The van der Waals surface area contributed by atoms with Crippen molar-refractivity contribution in [1.82, 2.24) is 0 Å². The molecule has 0 spiro atoms. The fourth-order valence-electron chi connectivity index (χ4n) is 1.87. The average molecular weight is 234 g/mol. The quantitative estimate of drug-likeness (QED) is 0.497. The van der Waals surface area contributed by atoms with E-state index in [1.54, 1.807) is 13.8 Å². The zero-order chi connectivity index (χ0) is 12.5. The molecule has 0 aromatic rings. The fraction of sp³-hybridized carbons (Fsp3) is 0.900. The van der Waals surface area contributed by atoms with Crippen molar-refractivity contribution in [1.29, 1.82) is 0 Å². The topological polar surface area (TPSA) is 107 Å². The van der Waals surface area contributed by atoms with Crippen LogP contribution in [0.1, 0.15) is 20.3 Å². The Morgan fingerprint density at radius 1 is 1.19 bits per heavy atom. The molecule has 0 amide bonds. The van der Waals surface area contributed by atoms with Crippen LogP contribution in [0.3, 0.4) is 0 Å². The van der Waals surface area contributed by atoms with Crippen molar-refractivity contribution in [2.45, 2.75) is 50.8 Å². The van der Waals surface area contributed by atoms with E-state index in [1.807, 2.05) is 0 Å². The third-order valence-electron chi connectivity index (χ3n) is 2.78. The molecule has 0 aromatic heterocycles. The van der Waals surface area contributed by atoms with Crippen molar-refractivity contribution in [2.75, 3.05) is 0 Å². The van der Waals surface area contributed by atoms with Crippen LogP contribution in [0.4, 0.5) is 0 Å². The lowest BCUT2D eigenvalue weighted by Crippen LogP contribution is -2.59. The molecule has 0 aromatic carbocycles. The van der Waals surface area contributed by atoms with Gasteiger partial charge in [-0.15, -0.1) is 0 Å². The Balaban J connectivity index is 2.76. The van der Waals surface area contributed by atoms with Crippen LogP contribution in [-0.2, 0) is 9.53 Å². The number of aliphatic carboxylic acids is 1. The number of carboxylic acids is 1. The predicted octanol–water partition coefficient (Wildman–Crippen LogP) is -1.03. The van der Waals surface area contributed by atoms with Gasteiger partial charge >= 0.3 is 5.97 Å². The first-order chi connectivity index (χ1) is 7.34. The van der Waals surface area contributed by atoms with Crippen LogP contribution >= 0.6 is 0 Å². The molecule has 16 heavy (non-hydrogen) atoms. The van der Waals surface area contributed by atoms with Crippen LogP contribution in [0.2, 0.25) is 0 Å². The number of ether oxygens (including phenoxy) is 1. The maximum absolute atomic E-state index is 10.5. The third kappa shape index (κ3) is 2.70. The minimum Gasteiger partial charge on any atom is -0.481 e. The average Bonchev–Trinajstić information content (AvgIpc) is 2.18. The first kappa shape index (κ1) is 13.4. The van der Waals surface area contributed by atoms with Gasteiger partial charge in [-0.3, -0.25) is 4.79 Å². The zero-order valence-corrected chi connectivity index (χ0v) is 9.28. The lowest BCUT2D eigenvalue weighted by atomic mass is 9.88. The minimum atomic E-state index is -1.37. The number of hydrogen-bond acceptors (Lipinski definition) is 5. The van der Waals surface area contributed by atoms with E-state index in [4.69, 9.17) is 9.84 Å². The Kier molecular flexibility index (Phi) is 4.26. The molecule has 1 fully saturated rings. The monoisotopic (exact) mass is 234 g/mol. The Bertz CT molecular complexity index is 254. The van der Waals surface area contributed by atoms with Gasteiger partial charge in [0, 0.05) is 0 Å². The van der Waals surface area contributed by atoms with Crippen LogP contribution < -0.4 is 0 Å². The number of carbonyl (C=O) groups is 1. The Labute approximate surface area is 93.5 Å². The van der Waals surface area contributed by atoms with Crippen LogP contribution in [-0.4, -0.2) is 56.9 Å². The highest BCUT2D eigenvalue weighted by Crippen LogP contribution is 2.27. The van der Waals surface area contributed by atoms with Crippen LogP contribution in [0.5, 0.6) is 0 Å². The Morgan fingerprint density at radius 2 is 1.75 bits per heavy atom. The molecule has 94 valence electrons. The van der Waals surface area contributed by atoms with E-state index >= 15 is 0 Å². The molecule has 0 saturated carbocycles. The second-order valence-electron chi connectivity index (χ2n) is 4.45. The molecular formula is C10H18O6. The van der Waals surface area contributed by atoms with Crippen molar-refractivity contribution in [3.8, 4) is 0 Å². The summed E-state index contributed by atoms with van der Waals surface area (Å²) in [7, 11) is 0. The van der Waals surface area contributed by atoms with Gasteiger partial charge in [-0.2, -0.15) is 0 Å². The van der Waals surface area contributed by atoms with Gasteiger partial charge in [-0.25, -0.2) is 0 Å². The summed E-state index contributed by atoms with van der Waals surface area (Å²) in [5.74, 6) is -1.19. The van der Waals surface area contributed by atoms with E-state index in [2.05, 4.69) is 0 Å². The molecule has 1 heterocycles. The summed E-state index contributed by atoms with van der Waals surface area (Å²) in [6.45, 7) is 3.58. The molecule has 0 aliphatic carbocycles. The molecule has 1 aliphatic rings. The second kappa shape index (κ2) is 5.09. The zero-order valence-electron chi connectivity index (χ0n) is 9.28. The van der Waals surface area contributed by atoms with Crippen molar-refractivity contribution in [3.63, 3.8) is 0 Å². The third-order valence-corrected chi connectivity index (χ3v) is 2.78. The van der Waals surface area contributed by atoms with Crippen LogP contribution in [0.15, 0.2) is 0 Å². The smallest absolute Gasteiger partial charge is 0.306 e. The summed E-state index contributed by atoms with van der Waals surface area (Å²) in [5.41, 5.74) is 0. The predicted molar refractivity (Wildman–Crippen MR) is 53.8 cm³/mol. The standard InChI is InChI=1S/C10H18O6/c1-4(2)10-9(15)8(14)7(13)5(16-10)3-6(11)12/h4-5,7-10,13-15H,3H2,1-2H3,(H,11,12)/t5?,7-,8?,9+,10+/m1/s1. The van der Waals surface area contributed by atoms with Gasteiger partial charge in [0.05, 0.1) is 18.6 Å². The summed E-state index contributed by atoms with van der Waals surface area (Å²) in [6.07, 6.45) is -5.98. The largest absolute Gasteiger partial charge is 0.481 e. The maximum Gasteiger partial charge on any atom is 0.306 e. The molecule has 1 aliphatic heterocycles. The summed E-state index contributed by atoms with van der Waals surface area (Å²) < 4.78 is 5.31. The Morgan fingerprint density at radius 3 is 2.19 bits per heavy atom. The van der Waals surface area contributed by atoms with Crippen molar-refractivity contribution >= 4 is 5.97 Å². The van der Waals surface area contributed by atoms with E-state index in [1.165, 1.54) is 0 Å². The van der Waals surface area contributed by atoms with E-state index in [0.29, 0.717) is 0 Å². The van der Waals surface area contributed by atoms with Crippen LogP contribution in [0, 0.1) is 5.92 Å². The number of aliphatic hydroxyl groups is 3. The fourth-order valence-corrected chi connectivity index (χ4v) is 1.87. The maximum atomic E-state index is 10.5. The summed E-state index contributed by atoms with van der Waals surface area (Å²) >= 11 is 0. The molecule has 6 heteroatoms. The highest BCUT2D eigenvalue weighted by atomic mass is 16.5. The van der Waals surface area contributed by atoms with Crippen LogP contribution in [0.25, 0.3) is 0 Å². The van der Waals surface area contributed by atoms with Gasteiger partial charge in [0.1, 0.15) is 18.3 Å².